The van der Waals surface area contributed by atoms with E-state index in [9.17, 15) is 9.90 Å². The molecular formula is C14H14O3. The quantitative estimate of drug-likeness (QED) is 0.824. The molecule has 0 spiro atoms. The Balaban J connectivity index is 2.48. The maximum absolute atomic E-state index is 11.6. The molecule has 0 aromatic heterocycles. The first kappa shape index (κ1) is 11.6. The van der Waals surface area contributed by atoms with Crippen molar-refractivity contribution in [2.24, 2.45) is 0 Å². The molecule has 3 heteroatoms. The van der Waals surface area contributed by atoms with Gasteiger partial charge in [-0.25, -0.2) is 0 Å². The van der Waals surface area contributed by atoms with Gasteiger partial charge in [0, 0.05) is 5.56 Å². The highest BCUT2D eigenvalue weighted by Crippen LogP contribution is 2.22. The van der Waals surface area contributed by atoms with Crippen LogP contribution >= 0.6 is 0 Å². The Morgan fingerprint density at radius 3 is 2.47 bits per heavy atom. The molecule has 0 saturated carbocycles. The van der Waals surface area contributed by atoms with Gasteiger partial charge in [-0.2, -0.15) is 0 Å². The third-order valence-electron chi connectivity index (χ3n) is 2.71. The number of hydrogen-bond donors (Lipinski definition) is 1. The highest BCUT2D eigenvalue weighted by molar-refractivity contribution is 6.02. The van der Waals surface area contributed by atoms with E-state index in [1.54, 1.807) is 19.2 Å². The van der Waals surface area contributed by atoms with Gasteiger partial charge in [0.15, 0.2) is 5.78 Å². The summed E-state index contributed by atoms with van der Waals surface area (Å²) in [6.45, 7) is 1.47. The average molecular weight is 230 g/mol. The number of benzene rings is 2. The Hall–Kier alpha value is -1.87. The zero-order valence-corrected chi connectivity index (χ0v) is 9.81. The summed E-state index contributed by atoms with van der Waals surface area (Å²) in [5, 5.41) is 11.2. The number of hydrogen-bond acceptors (Lipinski definition) is 3. The van der Waals surface area contributed by atoms with E-state index in [1.165, 1.54) is 6.92 Å². The summed E-state index contributed by atoms with van der Waals surface area (Å²) in [7, 11) is 1.62. The molecule has 0 saturated heterocycles. The van der Waals surface area contributed by atoms with Crippen LogP contribution in [0.4, 0.5) is 0 Å². The van der Waals surface area contributed by atoms with E-state index in [1.807, 2.05) is 24.3 Å². The normalized spacial score (nSPS) is 12.4. The van der Waals surface area contributed by atoms with Gasteiger partial charge in [-0.3, -0.25) is 4.79 Å². The molecule has 2 aromatic carbocycles. The molecule has 1 N–H and O–H groups in total. The van der Waals surface area contributed by atoms with Gasteiger partial charge < -0.3 is 9.84 Å². The van der Waals surface area contributed by atoms with Crippen LogP contribution in [0.25, 0.3) is 10.8 Å². The fourth-order valence-electron chi connectivity index (χ4n) is 1.75. The van der Waals surface area contributed by atoms with Crippen LogP contribution in [0.3, 0.4) is 0 Å². The number of carbonyl (C=O) groups is 1. The first-order chi connectivity index (χ1) is 8.11. The summed E-state index contributed by atoms with van der Waals surface area (Å²) >= 11 is 0. The third kappa shape index (κ3) is 2.29. The second-order valence-corrected chi connectivity index (χ2v) is 3.97. The lowest BCUT2D eigenvalue weighted by atomic mass is 10.0. The predicted molar refractivity (Wildman–Crippen MR) is 66.5 cm³/mol. The molecule has 0 aliphatic carbocycles. The average Bonchev–Trinajstić information content (AvgIpc) is 2.36. The zero-order chi connectivity index (χ0) is 12.4. The van der Waals surface area contributed by atoms with Crippen molar-refractivity contribution < 1.29 is 14.6 Å². The van der Waals surface area contributed by atoms with E-state index in [2.05, 4.69) is 0 Å². The Kier molecular flexibility index (Phi) is 3.11. The number of aliphatic hydroxyl groups is 1. The highest BCUT2D eigenvalue weighted by Gasteiger charge is 2.12. The minimum Gasteiger partial charge on any atom is -0.497 e. The van der Waals surface area contributed by atoms with E-state index in [0.29, 0.717) is 5.56 Å². The number of Topliss-reactive ketones (excluding diaryl/α,β-unsaturated/α-hetero) is 1. The summed E-state index contributed by atoms with van der Waals surface area (Å²) in [4.78, 5) is 11.6. The fraction of sp³-hybridized carbons (Fsp3) is 0.214. The molecule has 88 valence electrons. The first-order valence-corrected chi connectivity index (χ1v) is 5.42. The number of rotatable bonds is 3. The minimum absolute atomic E-state index is 0.261. The van der Waals surface area contributed by atoms with Gasteiger partial charge in [-0.05, 0) is 35.9 Å². The molecule has 0 unspecified atom stereocenters. The van der Waals surface area contributed by atoms with Crippen LogP contribution in [-0.4, -0.2) is 24.1 Å². The lowest BCUT2D eigenvalue weighted by molar-refractivity contribution is 0.0779. The molecule has 0 aliphatic heterocycles. The van der Waals surface area contributed by atoms with E-state index in [-0.39, 0.29) is 5.78 Å². The first-order valence-electron chi connectivity index (χ1n) is 5.42. The van der Waals surface area contributed by atoms with Crippen molar-refractivity contribution in [3.63, 3.8) is 0 Å². The minimum atomic E-state index is -0.967. The topological polar surface area (TPSA) is 46.5 Å². The number of carbonyl (C=O) groups excluding carboxylic acids is 1. The second-order valence-electron chi connectivity index (χ2n) is 3.97. The van der Waals surface area contributed by atoms with Crippen LogP contribution in [0.5, 0.6) is 5.75 Å². The van der Waals surface area contributed by atoms with Gasteiger partial charge in [0.05, 0.1) is 7.11 Å². The molecule has 0 radical (unpaired) electrons. The standard InChI is InChI=1S/C14H14O3/c1-9(15)14(16)12-4-3-11-8-13(17-2)6-5-10(11)7-12/h3-9,15H,1-2H3/t9-/m0/s1. The molecule has 0 aliphatic rings. The van der Waals surface area contributed by atoms with Crippen molar-refractivity contribution in [2.45, 2.75) is 13.0 Å². The van der Waals surface area contributed by atoms with Crippen molar-refractivity contribution in [1.82, 2.24) is 0 Å². The Labute approximate surface area is 99.6 Å². The van der Waals surface area contributed by atoms with Crippen LogP contribution < -0.4 is 4.74 Å². The van der Waals surface area contributed by atoms with Gasteiger partial charge >= 0.3 is 0 Å². The van der Waals surface area contributed by atoms with Gasteiger partial charge in [0.25, 0.3) is 0 Å². The molecule has 2 rings (SSSR count). The number of fused-ring (bicyclic) bond motifs is 1. The number of methoxy groups -OCH3 is 1. The molecule has 2 aromatic rings. The predicted octanol–water partition coefficient (Wildman–Crippen LogP) is 2.41. The van der Waals surface area contributed by atoms with Gasteiger partial charge in [-0.1, -0.05) is 18.2 Å². The lowest BCUT2D eigenvalue weighted by Gasteiger charge is -2.06. The van der Waals surface area contributed by atoms with Crippen molar-refractivity contribution >= 4 is 16.6 Å². The monoisotopic (exact) mass is 230 g/mol. The molecule has 17 heavy (non-hydrogen) atoms. The highest BCUT2D eigenvalue weighted by atomic mass is 16.5. The van der Waals surface area contributed by atoms with Gasteiger partial charge in [0.1, 0.15) is 11.9 Å². The van der Waals surface area contributed by atoms with Crippen LogP contribution in [0.1, 0.15) is 17.3 Å². The number of ketones is 1. The summed E-state index contributed by atoms with van der Waals surface area (Å²) in [5.41, 5.74) is 0.526. The molecule has 0 fully saturated rings. The molecule has 0 amide bonds. The van der Waals surface area contributed by atoms with Gasteiger partial charge in [-0.15, -0.1) is 0 Å². The Bertz CT molecular complexity index is 558. The van der Waals surface area contributed by atoms with Gasteiger partial charge in [0.2, 0.25) is 0 Å². The fourth-order valence-corrected chi connectivity index (χ4v) is 1.75. The molecule has 1 atom stereocenters. The van der Waals surface area contributed by atoms with Crippen LogP contribution in [0.2, 0.25) is 0 Å². The number of ether oxygens (including phenoxy) is 1. The smallest absolute Gasteiger partial charge is 0.190 e. The SMILES string of the molecule is COc1ccc2cc(C(=O)[C@H](C)O)ccc2c1. The Morgan fingerprint density at radius 1 is 1.18 bits per heavy atom. The van der Waals surface area contributed by atoms with Crippen molar-refractivity contribution in [2.75, 3.05) is 7.11 Å². The zero-order valence-electron chi connectivity index (χ0n) is 9.81. The lowest BCUT2D eigenvalue weighted by Crippen LogP contribution is -2.15. The molecule has 0 bridgehead atoms. The number of aliphatic hydroxyl groups excluding tert-OH is 1. The summed E-state index contributed by atoms with van der Waals surface area (Å²) < 4.78 is 5.13. The Morgan fingerprint density at radius 2 is 1.82 bits per heavy atom. The summed E-state index contributed by atoms with van der Waals surface area (Å²) in [6.07, 6.45) is -0.967. The van der Waals surface area contributed by atoms with Crippen LogP contribution in [0, 0.1) is 0 Å². The molecule has 0 heterocycles. The molecule has 3 nitrogen and oxygen atoms in total. The van der Waals surface area contributed by atoms with Crippen molar-refractivity contribution in [3.05, 3.63) is 42.0 Å². The maximum atomic E-state index is 11.6. The van der Waals surface area contributed by atoms with Crippen LogP contribution in [-0.2, 0) is 0 Å². The van der Waals surface area contributed by atoms with E-state index >= 15 is 0 Å². The van der Waals surface area contributed by atoms with Crippen molar-refractivity contribution in [3.8, 4) is 5.75 Å². The molecular weight excluding hydrogens is 216 g/mol. The van der Waals surface area contributed by atoms with Crippen molar-refractivity contribution in [1.29, 1.82) is 0 Å². The van der Waals surface area contributed by atoms with E-state index < -0.39 is 6.10 Å². The summed E-state index contributed by atoms with van der Waals surface area (Å²) in [6, 6.07) is 11.0. The third-order valence-corrected chi connectivity index (χ3v) is 2.71. The second kappa shape index (κ2) is 4.55. The summed E-state index contributed by atoms with van der Waals surface area (Å²) in [5.74, 6) is 0.523. The largest absolute Gasteiger partial charge is 0.497 e. The maximum Gasteiger partial charge on any atom is 0.190 e. The van der Waals surface area contributed by atoms with E-state index in [4.69, 9.17) is 4.74 Å². The van der Waals surface area contributed by atoms with E-state index in [0.717, 1.165) is 16.5 Å². The van der Waals surface area contributed by atoms with Crippen LogP contribution in [0.15, 0.2) is 36.4 Å².